The Balaban J connectivity index is 1.56. The second kappa shape index (κ2) is 8.12. The number of halogens is 1. The van der Waals surface area contributed by atoms with Crippen molar-refractivity contribution in [3.63, 3.8) is 0 Å². The van der Waals surface area contributed by atoms with Crippen LogP contribution in [0.15, 0.2) is 53.9 Å². The van der Waals surface area contributed by atoms with E-state index in [1.54, 1.807) is 29.6 Å². The number of carbonyl (C=O) groups is 2. The van der Waals surface area contributed by atoms with Gasteiger partial charge in [0.1, 0.15) is 0 Å². The molecule has 132 valence electrons. The second-order valence-corrected chi connectivity index (χ2v) is 6.83. The van der Waals surface area contributed by atoms with Crippen LogP contribution in [0.3, 0.4) is 0 Å². The molecule has 0 aliphatic heterocycles. The zero-order chi connectivity index (χ0) is 18.5. The molecule has 0 bridgehead atoms. The van der Waals surface area contributed by atoms with Gasteiger partial charge in [-0.3, -0.25) is 4.79 Å². The highest BCUT2D eigenvalue weighted by Crippen LogP contribution is 2.21. The topological polar surface area (TPSA) is 68.3 Å². The average molecular weight is 387 g/mol. The fraction of sp³-hybridized carbons (Fsp3) is 0.105. The number of hydrogen-bond donors (Lipinski definition) is 1. The van der Waals surface area contributed by atoms with Gasteiger partial charge >= 0.3 is 5.97 Å². The van der Waals surface area contributed by atoms with Crippen molar-refractivity contribution in [1.29, 1.82) is 0 Å². The molecule has 0 aliphatic rings. The molecule has 0 amide bonds. The Hall–Kier alpha value is -2.70. The van der Waals surface area contributed by atoms with Crippen LogP contribution in [-0.2, 0) is 4.74 Å². The van der Waals surface area contributed by atoms with E-state index in [-0.39, 0.29) is 18.1 Å². The Morgan fingerprint density at radius 3 is 2.50 bits per heavy atom. The SMILES string of the molecule is Cc1ccc(Nc2nc(C(=O)OCC(=O)c3ccc(Cl)cc3)cs2)cc1. The molecule has 3 rings (SSSR count). The summed E-state index contributed by atoms with van der Waals surface area (Å²) in [6, 6.07) is 14.2. The normalized spacial score (nSPS) is 10.4. The van der Waals surface area contributed by atoms with Crippen molar-refractivity contribution in [2.75, 3.05) is 11.9 Å². The maximum absolute atomic E-state index is 12.1. The number of ketones is 1. The van der Waals surface area contributed by atoms with Crippen LogP contribution in [0.5, 0.6) is 0 Å². The molecular weight excluding hydrogens is 372 g/mol. The number of thiazole rings is 1. The first-order chi connectivity index (χ1) is 12.5. The van der Waals surface area contributed by atoms with Crippen molar-refractivity contribution in [1.82, 2.24) is 4.98 Å². The van der Waals surface area contributed by atoms with Gasteiger partial charge in [0.05, 0.1) is 0 Å². The first-order valence-electron chi connectivity index (χ1n) is 7.76. The maximum Gasteiger partial charge on any atom is 0.358 e. The number of carbonyl (C=O) groups excluding carboxylic acids is 2. The molecule has 0 saturated carbocycles. The van der Waals surface area contributed by atoms with Crippen molar-refractivity contribution in [3.8, 4) is 0 Å². The van der Waals surface area contributed by atoms with Crippen LogP contribution >= 0.6 is 22.9 Å². The second-order valence-electron chi connectivity index (χ2n) is 5.54. The smallest absolute Gasteiger partial charge is 0.358 e. The molecule has 0 aliphatic carbocycles. The molecular formula is C19H15ClN2O3S. The minimum atomic E-state index is -0.638. The molecule has 3 aromatic rings. The summed E-state index contributed by atoms with van der Waals surface area (Å²) in [5, 5.41) is 5.82. The molecule has 0 spiro atoms. The van der Waals surface area contributed by atoms with Crippen molar-refractivity contribution >= 4 is 45.5 Å². The third kappa shape index (κ3) is 4.68. The zero-order valence-corrected chi connectivity index (χ0v) is 15.4. The molecule has 1 heterocycles. The largest absolute Gasteiger partial charge is 0.453 e. The van der Waals surface area contributed by atoms with Crippen LogP contribution in [0, 0.1) is 6.92 Å². The number of nitrogens with one attached hydrogen (secondary N) is 1. The van der Waals surface area contributed by atoms with Gasteiger partial charge in [0.2, 0.25) is 0 Å². The predicted molar refractivity (Wildman–Crippen MR) is 103 cm³/mol. The minimum absolute atomic E-state index is 0.161. The molecule has 26 heavy (non-hydrogen) atoms. The van der Waals surface area contributed by atoms with Gasteiger partial charge in [-0.15, -0.1) is 11.3 Å². The van der Waals surface area contributed by atoms with Crippen LogP contribution in [0.4, 0.5) is 10.8 Å². The highest BCUT2D eigenvalue weighted by atomic mass is 35.5. The first-order valence-corrected chi connectivity index (χ1v) is 9.02. The Labute approximate surface area is 159 Å². The van der Waals surface area contributed by atoms with E-state index in [4.69, 9.17) is 16.3 Å². The lowest BCUT2D eigenvalue weighted by molar-refractivity contribution is 0.0470. The van der Waals surface area contributed by atoms with Gasteiger partial charge in [0.15, 0.2) is 23.2 Å². The number of rotatable bonds is 6. The van der Waals surface area contributed by atoms with E-state index in [0.29, 0.717) is 15.7 Å². The number of benzene rings is 2. The third-order valence-corrected chi connectivity index (χ3v) is 4.53. The predicted octanol–water partition coefficient (Wildman–Crippen LogP) is 4.89. The highest BCUT2D eigenvalue weighted by Gasteiger charge is 2.15. The van der Waals surface area contributed by atoms with Gasteiger partial charge in [-0.2, -0.15) is 0 Å². The fourth-order valence-corrected chi connectivity index (χ4v) is 2.94. The average Bonchev–Trinajstić information content (AvgIpc) is 3.10. The molecule has 0 radical (unpaired) electrons. The van der Waals surface area contributed by atoms with Crippen LogP contribution in [0.1, 0.15) is 26.4 Å². The maximum atomic E-state index is 12.1. The van der Waals surface area contributed by atoms with Crippen molar-refractivity contribution in [2.45, 2.75) is 6.92 Å². The first kappa shape index (κ1) is 18.1. The van der Waals surface area contributed by atoms with E-state index < -0.39 is 5.97 Å². The van der Waals surface area contributed by atoms with E-state index in [1.165, 1.54) is 11.3 Å². The van der Waals surface area contributed by atoms with Crippen LogP contribution < -0.4 is 5.32 Å². The molecule has 5 nitrogen and oxygen atoms in total. The summed E-state index contributed by atoms with van der Waals surface area (Å²) in [7, 11) is 0. The standard InChI is InChI=1S/C19H15ClN2O3S/c1-12-2-8-15(9-3-12)21-19-22-16(11-26-19)18(24)25-10-17(23)13-4-6-14(20)7-5-13/h2-9,11H,10H2,1H3,(H,21,22). The van der Waals surface area contributed by atoms with E-state index in [2.05, 4.69) is 10.3 Å². The molecule has 0 unspecified atom stereocenters. The number of nitrogens with zero attached hydrogens (tertiary/aromatic N) is 1. The molecule has 0 atom stereocenters. The van der Waals surface area contributed by atoms with Crippen LogP contribution in [0.25, 0.3) is 0 Å². The molecule has 0 fully saturated rings. The summed E-state index contributed by atoms with van der Waals surface area (Å²) in [6.07, 6.45) is 0. The van der Waals surface area contributed by atoms with Crippen molar-refractivity contribution in [2.24, 2.45) is 0 Å². The zero-order valence-electron chi connectivity index (χ0n) is 13.9. The Bertz CT molecular complexity index is 921. The Kier molecular flexibility index (Phi) is 5.65. The lowest BCUT2D eigenvalue weighted by Crippen LogP contribution is -2.14. The van der Waals surface area contributed by atoms with Gasteiger partial charge in [0.25, 0.3) is 0 Å². The van der Waals surface area contributed by atoms with E-state index >= 15 is 0 Å². The van der Waals surface area contributed by atoms with Gasteiger partial charge in [-0.1, -0.05) is 29.3 Å². The number of ether oxygens (including phenoxy) is 1. The summed E-state index contributed by atoms with van der Waals surface area (Å²) in [6.45, 7) is 1.66. The number of anilines is 2. The minimum Gasteiger partial charge on any atom is -0.453 e. The summed E-state index contributed by atoms with van der Waals surface area (Å²) in [5.74, 6) is -0.941. The Morgan fingerprint density at radius 1 is 1.12 bits per heavy atom. The van der Waals surface area contributed by atoms with E-state index in [9.17, 15) is 9.59 Å². The Morgan fingerprint density at radius 2 is 1.81 bits per heavy atom. The summed E-state index contributed by atoms with van der Waals surface area (Å²) in [4.78, 5) is 28.3. The lowest BCUT2D eigenvalue weighted by atomic mass is 10.1. The number of aromatic nitrogens is 1. The van der Waals surface area contributed by atoms with Crippen LogP contribution in [0.2, 0.25) is 5.02 Å². The number of hydrogen-bond acceptors (Lipinski definition) is 6. The summed E-state index contributed by atoms with van der Waals surface area (Å²) >= 11 is 7.07. The quantitative estimate of drug-likeness (QED) is 0.482. The van der Waals surface area contributed by atoms with E-state index in [1.807, 2.05) is 31.2 Å². The van der Waals surface area contributed by atoms with E-state index in [0.717, 1.165) is 11.3 Å². The number of Topliss-reactive ketones (excluding diaryl/α,β-unsaturated/α-hetero) is 1. The summed E-state index contributed by atoms with van der Waals surface area (Å²) < 4.78 is 5.05. The van der Waals surface area contributed by atoms with Gasteiger partial charge in [0, 0.05) is 21.7 Å². The molecule has 0 saturated heterocycles. The third-order valence-electron chi connectivity index (χ3n) is 3.52. The van der Waals surface area contributed by atoms with Crippen molar-refractivity contribution in [3.05, 3.63) is 75.8 Å². The van der Waals surface area contributed by atoms with Gasteiger partial charge < -0.3 is 10.1 Å². The number of esters is 1. The monoisotopic (exact) mass is 386 g/mol. The van der Waals surface area contributed by atoms with Crippen molar-refractivity contribution < 1.29 is 14.3 Å². The van der Waals surface area contributed by atoms with Crippen LogP contribution in [-0.4, -0.2) is 23.3 Å². The highest BCUT2D eigenvalue weighted by molar-refractivity contribution is 7.14. The molecule has 7 heteroatoms. The number of aryl methyl sites for hydroxylation is 1. The lowest BCUT2D eigenvalue weighted by Gasteiger charge is -2.03. The fourth-order valence-electron chi connectivity index (χ4n) is 2.11. The molecule has 1 N–H and O–H groups in total. The molecule has 2 aromatic carbocycles. The molecule has 1 aromatic heterocycles. The summed E-state index contributed by atoms with van der Waals surface area (Å²) in [5.41, 5.74) is 2.63. The van der Waals surface area contributed by atoms with Gasteiger partial charge in [-0.25, -0.2) is 9.78 Å². The van der Waals surface area contributed by atoms with Gasteiger partial charge in [-0.05, 0) is 43.3 Å².